The summed E-state index contributed by atoms with van der Waals surface area (Å²) in [5, 5.41) is 10.6. The second-order valence-corrected chi connectivity index (χ2v) is 3.52. The van der Waals surface area contributed by atoms with E-state index in [4.69, 9.17) is 9.47 Å². The highest BCUT2D eigenvalue weighted by Crippen LogP contribution is 2.20. The summed E-state index contributed by atoms with van der Waals surface area (Å²) >= 11 is 0. The van der Waals surface area contributed by atoms with Crippen molar-refractivity contribution in [1.29, 1.82) is 0 Å². The zero-order valence-electron chi connectivity index (χ0n) is 9.68. The molecule has 0 aliphatic rings. The van der Waals surface area contributed by atoms with Gasteiger partial charge in [0.15, 0.2) is 0 Å². The lowest BCUT2D eigenvalue weighted by molar-refractivity contribution is -0.384. The highest BCUT2D eigenvalue weighted by Gasteiger charge is 2.11. The third-order valence-corrected chi connectivity index (χ3v) is 2.17. The number of non-ortho nitro benzene ring substituents is 1. The highest BCUT2D eigenvalue weighted by molar-refractivity contribution is 5.67. The Hall–Kier alpha value is -2.89. The normalized spacial score (nSPS) is 9.68. The average Bonchev–Trinajstić information content (AvgIpc) is 2.40. The van der Waals surface area contributed by atoms with Crippen LogP contribution in [0.3, 0.4) is 0 Å². The summed E-state index contributed by atoms with van der Waals surface area (Å²) in [4.78, 5) is 21.4. The molecule has 6 nitrogen and oxygen atoms in total. The van der Waals surface area contributed by atoms with Gasteiger partial charge in [-0.25, -0.2) is 4.79 Å². The van der Waals surface area contributed by atoms with E-state index in [1.54, 1.807) is 30.3 Å². The molecule has 0 spiro atoms. The first-order valence-corrected chi connectivity index (χ1v) is 5.34. The molecule has 96 valence electrons. The molecular weight excluding hydrogens is 250 g/mol. The van der Waals surface area contributed by atoms with Crippen LogP contribution in [0.1, 0.15) is 0 Å². The van der Waals surface area contributed by atoms with Crippen LogP contribution in [0.2, 0.25) is 0 Å². The number of hydrogen-bond donors (Lipinski definition) is 0. The molecule has 0 aromatic heterocycles. The molecule has 0 atom stereocenters. The van der Waals surface area contributed by atoms with E-state index in [1.807, 2.05) is 0 Å². The number of nitro benzene ring substituents is 1. The predicted octanol–water partition coefficient (Wildman–Crippen LogP) is 3.17. The van der Waals surface area contributed by atoms with Gasteiger partial charge in [-0.15, -0.1) is 0 Å². The SMILES string of the molecule is O=C(Oc1ccccc1)Oc1cccc([N+](=O)[O-])c1. The lowest BCUT2D eigenvalue weighted by atomic mass is 10.3. The summed E-state index contributed by atoms with van der Waals surface area (Å²) in [5.74, 6) is 0.382. The molecule has 2 aromatic carbocycles. The van der Waals surface area contributed by atoms with Gasteiger partial charge in [0, 0.05) is 6.07 Å². The van der Waals surface area contributed by atoms with Crippen molar-refractivity contribution in [2.75, 3.05) is 0 Å². The fourth-order valence-electron chi connectivity index (χ4n) is 1.36. The number of para-hydroxylation sites is 1. The van der Waals surface area contributed by atoms with Gasteiger partial charge in [-0.05, 0) is 18.2 Å². The molecule has 0 aliphatic heterocycles. The Morgan fingerprint density at radius 3 is 2.26 bits per heavy atom. The first kappa shape index (κ1) is 12.6. The van der Waals surface area contributed by atoms with Crippen LogP contribution in [0.15, 0.2) is 54.6 Å². The Kier molecular flexibility index (Phi) is 3.72. The van der Waals surface area contributed by atoms with Crippen molar-refractivity contribution in [1.82, 2.24) is 0 Å². The largest absolute Gasteiger partial charge is 0.519 e. The third kappa shape index (κ3) is 3.53. The minimum atomic E-state index is -0.952. The van der Waals surface area contributed by atoms with Gasteiger partial charge in [-0.3, -0.25) is 10.1 Å². The Labute approximate surface area is 108 Å². The lowest BCUT2D eigenvalue weighted by Gasteiger charge is -2.04. The topological polar surface area (TPSA) is 78.7 Å². The fourth-order valence-corrected chi connectivity index (χ4v) is 1.36. The molecule has 0 amide bonds. The zero-order valence-corrected chi connectivity index (χ0v) is 9.68. The molecule has 0 heterocycles. The van der Waals surface area contributed by atoms with Gasteiger partial charge in [0.05, 0.1) is 11.0 Å². The van der Waals surface area contributed by atoms with E-state index in [0.29, 0.717) is 5.75 Å². The van der Waals surface area contributed by atoms with E-state index < -0.39 is 11.1 Å². The Bertz CT molecular complexity index is 597. The van der Waals surface area contributed by atoms with Crippen LogP contribution in [0.25, 0.3) is 0 Å². The Morgan fingerprint density at radius 1 is 0.947 bits per heavy atom. The molecule has 0 fully saturated rings. The molecule has 0 saturated carbocycles. The molecule has 0 bridgehead atoms. The number of carbonyl (C=O) groups excluding carboxylic acids is 1. The number of ether oxygens (including phenoxy) is 2. The number of benzene rings is 2. The predicted molar refractivity (Wildman–Crippen MR) is 66.2 cm³/mol. The van der Waals surface area contributed by atoms with Crippen molar-refractivity contribution < 1.29 is 19.2 Å². The maximum absolute atomic E-state index is 11.4. The van der Waals surface area contributed by atoms with E-state index in [2.05, 4.69) is 0 Å². The smallest absolute Gasteiger partial charge is 0.395 e. The molecule has 0 unspecified atom stereocenters. The van der Waals surface area contributed by atoms with E-state index in [0.717, 1.165) is 6.07 Å². The average molecular weight is 259 g/mol. The standard InChI is InChI=1S/C13H9NO5/c15-13(18-11-6-2-1-3-7-11)19-12-8-4-5-10(9-12)14(16)17/h1-9H. The van der Waals surface area contributed by atoms with E-state index >= 15 is 0 Å². The molecule has 2 rings (SSSR count). The van der Waals surface area contributed by atoms with Crippen LogP contribution in [0, 0.1) is 10.1 Å². The monoisotopic (exact) mass is 259 g/mol. The van der Waals surface area contributed by atoms with Gasteiger partial charge < -0.3 is 9.47 Å². The summed E-state index contributed by atoms with van der Waals surface area (Å²) < 4.78 is 9.73. The molecule has 0 saturated heterocycles. The van der Waals surface area contributed by atoms with Gasteiger partial charge in [0.2, 0.25) is 0 Å². The minimum absolute atomic E-state index is 0.0510. The van der Waals surface area contributed by atoms with Gasteiger partial charge in [0.1, 0.15) is 11.5 Å². The quantitative estimate of drug-likeness (QED) is 0.366. The maximum Gasteiger partial charge on any atom is 0.519 e. The van der Waals surface area contributed by atoms with Crippen molar-refractivity contribution >= 4 is 11.8 Å². The van der Waals surface area contributed by atoms with E-state index in [1.165, 1.54) is 18.2 Å². The van der Waals surface area contributed by atoms with Crippen molar-refractivity contribution in [3.63, 3.8) is 0 Å². The number of carbonyl (C=O) groups is 1. The lowest BCUT2D eigenvalue weighted by Crippen LogP contribution is -2.13. The summed E-state index contributed by atoms with van der Waals surface area (Å²) in [6.45, 7) is 0. The van der Waals surface area contributed by atoms with Crippen LogP contribution in [0.4, 0.5) is 10.5 Å². The van der Waals surface area contributed by atoms with Crippen LogP contribution in [0.5, 0.6) is 11.5 Å². The van der Waals surface area contributed by atoms with Crippen LogP contribution in [-0.4, -0.2) is 11.1 Å². The van der Waals surface area contributed by atoms with Gasteiger partial charge >= 0.3 is 6.16 Å². The first-order valence-electron chi connectivity index (χ1n) is 5.34. The number of nitrogens with zero attached hydrogens (tertiary/aromatic N) is 1. The van der Waals surface area contributed by atoms with Crippen molar-refractivity contribution in [2.45, 2.75) is 0 Å². The second-order valence-electron chi connectivity index (χ2n) is 3.52. The van der Waals surface area contributed by atoms with E-state index in [9.17, 15) is 14.9 Å². The van der Waals surface area contributed by atoms with Crippen molar-refractivity contribution in [3.05, 3.63) is 64.7 Å². The van der Waals surface area contributed by atoms with Gasteiger partial charge in [0.25, 0.3) is 5.69 Å². The van der Waals surface area contributed by atoms with Crippen LogP contribution < -0.4 is 9.47 Å². The fraction of sp³-hybridized carbons (Fsp3) is 0. The zero-order chi connectivity index (χ0) is 13.7. The van der Waals surface area contributed by atoms with Crippen molar-refractivity contribution in [3.8, 4) is 11.5 Å². The van der Waals surface area contributed by atoms with Crippen LogP contribution >= 0.6 is 0 Å². The summed E-state index contributed by atoms with van der Waals surface area (Å²) in [7, 11) is 0. The summed E-state index contributed by atoms with van der Waals surface area (Å²) in [6.07, 6.45) is -0.952. The first-order chi connectivity index (χ1) is 9.15. The molecule has 0 radical (unpaired) electrons. The second kappa shape index (κ2) is 5.63. The summed E-state index contributed by atoms with van der Waals surface area (Å²) in [6, 6.07) is 13.7. The molecule has 6 heteroatoms. The maximum atomic E-state index is 11.4. The van der Waals surface area contributed by atoms with Crippen molar-refractivity contribution in [2.24, 2.45) is 0 Å². The number of rotatable bonds is 3. The summed E-state index contributed by atoms with van der Waals surface area (Å²) in [5.41, 5.74) is -0.162. The number of nitro groups is 1. The Balaban J connectivity index is 2.03. The van der Waals surface area contributed by atoms with Crippen LogP contribution in [-0.2, 0) is 0 Å². The molecular formula is C13H9NO5. The molecule has 0 N–H and O–H groups in total. The third-order valence-electron chi connectivity index (χ3n) is 2.17. The van der Waals surface area contributed by atoms with E-state index in [-0.39, 0.29) is 11.4 Å². The molecule has 2 aromatic rings. The number of hydrogen-bond acceptors (Lipinski definition) is 5. The van der Waals surface area contributed by atoms with Gasteiger partial charge in [-0.2, -0.15) is 0 Å². The minimum Gasteiger partial charge on any atom is -0.395 e. The molecule has 19 heavy (non-hydrogen) atoms. The van der Waals surface area contributed by atoms with Gasteiger partial charge in [-0.1, -0.05) is 24.3 Å². The molecule has 0 aliphatic carbocycles. The Morgan fingerprint density at radius 2 is 1.58 bits per heavy atom. The highest BCUT2D eigenvalue weighted by atomic mass is 16.7.